The van der Waals surface area contributed by atoms with Crippen molar-refractivity contribution < 1.29 is 4.74 Å². The standard InChI is InChI=1S/C14H14N2OS/c1-10-13(8-5-9-15)18-14(16-10)11-6-3-4-7-12(11)17-2/h3-4,6-7H,5,8H2,1-2H3. The summed E-state index contributed by atoms with van der Waals surface area (Å²) < 4.78 is 5.34. The summed E-state index contributed by atoms with van der Waals surface area (Å²) in [6.45, 7) is 1.99. The number of para-hydroxylation sites is 1. The number of ether oxygens (including phenoxy) is 1. The van der Waals surface area contributed by atoms with Crippen molar-refractivity contribution in [2.24, 2.45) is 0 Å². The number of hydrogen-bond acceptors (Lipinski definition) is 4. The van der Waals surface area contributed by atoms with Gasteiger partial charge >= 0.3 is 0 Å². The number of nitrogens with zero attached hydrogens (tertiary/aromatic N) is 2. The van der Waals surface area contributed by atoms with E-state index in [9.17, 15) is 0 Å². The summed E-state index contributed by atoms with van der Waals surface area (Å²) in [7, 11) is 1.66. The molecule has 0 aliphatic rings. The van der Waals surface area contributed by atoms with Gasteiger partial charge in [-0.15, -0.1) is 11.3 Å². The van der Waals surface area contributed by atoms with Crippen LogP contribution in [0, 0.1) is 18.3 Å². The highest BCUT2D eigenvalue weighted by Crippen LogP contribution is 2.34. The fourth-order valence-electron chi connectivity index (χ4n) is 1.77. The van der Waals surface area contributed by atoms with Gasteiger partial charge in [-0.1, -0.05) is 12.1 Å². The van der Waals surface area contributed by atoms with Gasteiger partial charge in [0.15, 0.2) is 0 Å². The van der Waals surface area contributed by atoms with Crippen LogP contribution < -0.4 is 4.74 Å². The third-order valence-corrected chi connectivity index (χ3v) is 3.94. The van der Waals surface area contributed by atoms with Crippen molar-refractivity contribution in [3.05, 3.63) is 34.8 Å². The van der Waals surface area contributed by atoms with E-state index in [1.807, 2.05) is 31.2 Å². The molecule has 0 aliphatic carbocycles. The molecule has 0 atom stereocenters. The number of aryl methyl sites for hydroxylation is 2. The Morgan fingerprint density at radius 3 is 2.89 bits per heavy atom. The van der Waals surface area contributed by atoms with E-state index in [-0.39, 0.29) is 0 Å². The van der Waals surface area contributed by atoms with Gasteiger partial charge in [0.25, 0.3) is 0 Å². The summed E-state index contributed by atoms with van der Waals surface area (Å²) in [6.07, 6.45) is 1.31. The van der Waals surface area contributed by atoms with Crippen LogP contribution in [-0.4, -0.2) is 12.1 Å². The molecule has 0 radical (unpaired) electrons. The van der Waals surface area contributed by atoms with Crippen molar-refractivity contribution in [3.63, 3.8) is 0 Å². The van der Waals surface area contributed by atoms with Crippen LogP contribution in [0.4, 0.5) is 0 Å². The van der Waals surface area contributed by atoms with E-state index in [2.05, 4.69) is 11.1 Å². The van der Waals surface area contributed by atoms with Crippen LogP contribution in [0.1, 0.15) is 17.0 Å². The predicted octanol–water partition coefficient (Wildman–Crippen LogP) is 3.58. The highest BCUT2D eigenvalue weighted by atomic mass is 32.1. The molecular weight excluding hydrogens is 244 g/mol. The van der Waals surface area contributed by atoms with Crippen LogP contribution >= 0.6 is 11.3 Å². The van der Waals surface area contributed by atoms with Crippen LogP contribution in [0.5, 0.6) is 5.75 Å². The molecule has 0 bridgehead atoms. The minimum Gasteiger partial charge on any atom is -0.496 e. The van der Waals surface area contributed by atoms with Crippen molar-refractivity contribution in [1.82, 2.24) is 4.98 Å². The third kappa shape index (κ3) is 2.52. The minimum atomic E-state index is 0.536. The summed E-state index contributed by atoms with van der Waals surface area (Å²) in [5.41, 5.74) is 2.02. The fourth-order valence-corrected chi connectivity index (χ4v) is 2.86. The van der Waals surface area contributed by atoms with Crippen molar-refractivity contribution in [1.29, 1.82) is 5.26 Å². The molecule has 0 spiro atoms. The van der Waals surface area contributed by atoms with E-state index < -0.39 is 0 Å². The second kappa shape index (κ2) is 5.65. The SMILES string of the molecule is COc1ccccc1-c1nc(C)c(CCC#N)s1. The predicted molar refractivity (Wildman–Crippen MR) is 72.8 cm³/mol. The van der Waals surface area contributed by atoms with Gasteiger partial charge in [-0.2, -0.15) is 5.26 Å². The van der Waals surface area contributed by atoms with E-state index in [0.29, 0.717) is 6.42 Å². The molecule has 0 unspecified atom stereocenters. The Morgan fingerprint density at radius 1 is 1.39 bits per heavy atom. The second-order valence-electron chi connectivity index (χ2n) is 3.89. The molecule has 0 fully saturated rings. The topological polar surface area (TPSA) is 45.9 Å². The van der Waals surface area contributed by atoms with E-state index in [0.717, 1.165) is 28.4 Å². The average Bonchev–Trinajstić information content (AvgIpc) is 2.77. The molecular formula is C14H14N2OS. The van der Waals surface area contributed by atoms with E-state index in [4.69, 9.17) is 10.00 Å². The molecule has 0 saturated heterocycles. The molecule has 1 heterocycles. The summed E-state index contributed by atoms with van der Waals surface area (Å²) in [6, 6.07) is 10.0. The molecule has 1 aromatic carbocycles. The van der Waals surface area contributed by atoms with Gasteiger partial charge < -0.3 is 4.74 Å². The fraction of sp³-hybridized carbons (Fsp3) is 0.286. The molecule has 18 heavy (non-hydrogen) atoms. The van der Waals surface area contributed by atoms with Crippen molar-refractivity contribution in [3.8, 4) is 22.4 Å². The van der Waals surface area contributed by atoms with Crippen molar-refractivity contribution in [2.75, 3.05) is 7.11 Å². The molecule has 0 aliphatic heterocycles. The van der Waals surface area contributed by atoms with Gasteiger partial charge in [-0.3, -0.25) is 0 Å². The number of nitriles is 1. The van der Waals surface area contributed by atoms with Crippen LogP contribution in [0.25, 0.3) is 10.6 Å². The maximum Gasteiger partial charge on any atom is 0.129 e. The molecule has 4 heteroatoms. The largest absolute Gasteiger partial charge is 0.496 e. The Morgan fingerprint density at radius 2 is 2.17 bits per heavy atom. The first kappa shape index (κ1) is 12.6. The van der Waals surface area contributed by atoms with Gasteiger partial charge in [0.1, 0.15) is 10.8 Å². The van der Waals surface area contributed by atoms with E-state index in [1.165, 1.54) is 4.88 Å². The lowest BCUT2D eigenvalue weighted by molar-refractivity contribution is 0.416. The quantitative estimate of drug-likeness (QED) is 0.842. The first-order valence-corrected chi connectivity index (χ1v) is 6.54. The zero-order chi connectivity index (χ0) is 13.0. The van der Waals surface area contributed by atoms with Crippen molar-refractivity contribution in [2.45, 2.75) is 19.8 Å². The smallest absolute Gasteiger partial charge is 0.129 e. The van der Waals surface area contributed by atoms with Crippen LogP contribution in [0.15, 0.2) is 24.3 Å². The second-order valence-corrected chi connectivity index (χ2v) is 4.97. The maximum atomic E-state index is 8.64. The third-order valence-electron chi connectivity index (χ3n) is 2.69. The Labute approximate surface area is 111 Å². The Kier molecular flexibility index (Phi) is 3.96. The van der Waals surface area contributed by atoms with Crippen LogP contribution in [-0.2, 0) is 6.42 Å². The van der Waals surface area contributed by atoms with Gasteiger partial charge in [0.05, 0.1) is 24.4 Å². The molecule has 1 aromatic heterocycles. The minimum absolute atomic E-state index is 0.536. The van der Waals surface area contributed by atoms with Gasteiger partial charge in [-0.25, -0.2) is 4.98 Å². The highest BCUT2D eigenvalue weighted by Gasteiger charge is 2.12. The lowest BCUT2D eigenvalue weighted by Crippen LogP contribution is -1.86. The molecule has 2 aromatic rings. The lowest BCUT2D eigenvalue weighted by atomic mass is 10.2. The normalized spacial score (nSPS) is 10.1. The first-order valence-electron chi connectivity index (χ1n) is 5.73. The van der Waals surface area contributed by atoms with Gasteiger partial charge in [-0.05, 0) is 25.5 Å². The molecule has 0 N–H and O–H groups in total. The first-order chi connectivity index (χ1) is 8.76. The lowest BCUT2D eigenvalue weighted by Gasteiger charge is -2.04. The average molecular weight is 258 g/mol. The number of methoxy groups -OCH3 is 1. The van der Waals surface area contributed by atoms with E-state index in [1.54, 1.807) is 18.4 Å². The monoisotopic (exact) mass is 258 g/mol. The molecule has 0 amide bonds. The summed E-state index contributed by atoms with van der Waals surface area (Å²) in [5, 5.41) is 9.60. The molecule has 92 valence electrons. The zero-order valence-corrected chi connectivity index (χ0v) is 11.3. The van der Waals surface area contributed by atoms with Gasteiger partial charge in [0, 0.05) is 11.3 Å². The van der Waals surface area contributed by atoms with E-state index >= 15 is 0 Å². The zero-order valence-electron chi connectivity index (χ0n) is 10.4. The van der Waals surface area contributed by atoms with Gasteiger partial charge in [0.2, 0.25) is 0 Å². The highest BCUT2D eigenvalue weighted by molar-refractivity contribution is 7.15. The number of benzene rings is 1. The molecule has 0 saturated carbocycles. The molecule has 2 rings (SSSR count). The number of thiazole rings is 1. The Balaban J connectivity index is 2.37. The summed E-state index contributed by atoms with van der Waals surface area (Å²) in [4.78, 5) is 5.75. The Bertz CT molecular complexity index is 584. The number of aromatic nitrogens is 1. The van der Waals surface area contributed by atoms with Crippen LogP contribution in [0.3, 0.4) is 0 Å². The number of hydrogen-bond donors (Lipinski definition) is 0. The number of rotatable bonds is 4. The maximum absolute atomic E-state index is 8.64. The molecule has 3 nitrogen and oxygen atoms in total. The van der Waals surface area contributed by atoms with Crippen molar-refractivity contribution >= 4 is 11.3 Å². The summed E-state index contributed by atoms with van der Waals surface area (Å²) in [5.74, 6) is 0.832. The Hall–Kier alpha value is -1.86. The summed E-state index contributed by atoms with van der Waals surface area (Å²) >= 11 is 1.64. The van der Waals surface area contributed by atoms with Crippen LogP contribution in [0.2, 0.25) is 0 Å².